The van der Waals surface area contributed by atoms with E-state index in [0.29, 0.717) is 5.95 Å². The predicted octanol–water partition coefficient (Wildman–Crippen LogP) is -0.0966. The van der Waals surface area contributed by atoms with Gasteiger partial charge in [-0.3, -0.25) is 0 Å². The summed E-state index contributed by atoms with van der Waals surface area (Å²) < 4.78 is 5.75. The molecule has 0 aliphatic rings. The van der Waals surface area contributed by atoms with Crippen molar-refractivity contribution in [1.29, 1.82) is 0 Å². The number of rotatable bonds is 4. The first-order valence-electron chi connectivity index (χ1n) is 4.41. The Hall–Kier alpha value is -1.70. The van der Waals surface area contributed by atoms with Gasteiger partial charge >= 0.3 is 0 Å². The predicted molar refractivity (Wildman–Crippen MR) is 57.5 cm³/mol. The van der Waals surface area contributed by atoms with E-state index in [9.17, 15) is 0 Å². The number of nitrogens with two attached hydrogens (primary N) is 1. The fraction of sp³-hybridized carbons (Fsp3) is 0.429. The highest BCUT2D eigenvalue weighted by atomic mass is 32.1. The smallest absolute Gasteiger partial charge is 0.233 e. The standard InChI is InChI=1S/C7H11N7S/c1-14-4-10-12-5(14)2-3-9-7-11-6(8)13-15-7/h4H,2-3H2,1H3,(H3,8,9,11,13). The molecular formula is C7H11N7S. The average molecular weight is 225 g/mol. The van der Waals surface area contributed by atoms with Gasteiger partial charge in [-0.1, -0.05) is 0 Å². The number of anilines is 2. The van der Waals surface area contributed by atoms with Crippen molar-refractivity contribution in [1.82, 2.24) is 24.1 Å². The number of hydrogen-bond donors (Lipinski definition) is 2. The molecule has 2 rings (SSSR count). The van der Waals surface area contributed by atoms with Gasteiger partial charge in [0.25, 0.3) is 0 Å². The van der Waals surface area contributed by atoms with Crippen molar-refractivity contribution in [2.45, 2.75) is 6.42 Å². The highest BCUT2D eigenvalue weighted by molar-refractivity contribution is 7.09. The minimum absolute atomic E-state index is 0.307. The summed E-state index contributed by atoms with van der Waals surface area (Å²) in [5, 5.41) is 11.6. The lowest BCUT2D eigenvalue weighted by molar-refractivity contribution is 0.788. The van der Waals surface area contributed by atoms with Crippen LogP contribution in [0, 0.1) is 0 Å². The summed E-state index contributed by atoms with van der Waals surface area (Å²) in [5.74, 6) is 1.24. The normalized spacial score (nSPS) is 10.5. The van der Waals surface area contributed by atoms with Crippen molar-refractivity contribution in [2.24, 2.45) is 7.05 Å². The number of nitrogens with zero attached hydrogens (tertiary/aromatic N) is 5. The first-order valence-corrected chi connectivity index (χ1v) is 5.19. The van der Waals surface area contributed by atoms with Crippen LogP contribution in [0.1, 0.15) is 5.82 Å². The topological polar surface area (TPSA) is 94.5 Å². The SMILES string of the molecule is Cn1cnnc1CCNc1nc(N)ns1. The zero-order valence-electron chi connectivity index (χ0n) is 8.21. The highest BCUT2D eigenvalue weighted by Gasteiger charge is 2.02. The second-order valence-corrected chi connectivity index (χ2v) is 3.74. The van der Waals surface area contributed by atoms with E-state index >= 15 is 0 Å². The molecule has 7 nitrogen and oxygen atoms in total. The number of nitrogen functional groups attached to an aromatic ring is 1. The summed E-state index contributed by atoms with van der Waals surface area (Å²) in [4.78, 5) is 3.98. The highest BCUT2D eigenvalue weighted by Crippen LogP contribution is 2.11. The minimum atomic E-state index is 0.307. The molecule has 8 heteroatoms. The molecule has 3 N–H and O–H groups in total. The molecule has 2 aromatic rings. The van der Waals surface area contributed by atoms with E-state index < -0.39 is 0 Å². The van der Waals surface area contributed by atoms with Crippen molar-refractivity contribution < 1.29 is 0 Å². The Bertz CT molecular complexity index is 434. The molecular weight excluding hydrogens is 214 g/mol. The molecule has 80 valence electrons. The van der Waals surface area contributed by atoms with Crippen molar-refractivity contribution in [3.05, 3.63) is 12.2 Å². The van der Waals surface area contributed by atoms with Gasteiger partial charge in [-0.25, -0.2) is 0 Å². The van der Waals surface area contributed by atoms with Crippen LogP contribution in [-0.4, -0.2) is 30.7 Å². The second-order valence-electron chi connectivity index (χ2n) is 2.99. The fourth-order valence-electron chi connectivity index (χ4n) is 1.12. The Kier molecular flexibility index (Phi) is 2.77. The molecule has 0 aliphatic heterocycles. The maximum atomic E-state index is 5.39. The first kappa shape index (κ1) is 9.84. The lowest BCUT2D eigenvalue weighted by Crippen LogP contribution is -2.08. The molecule has 0 spiro atoms. The number of hydrogen-bond acceptors (Lipinski definition) is 7. The molecule has 0 fully saturated rings. The molecule has 0 saturated heterocycles. The van der Waals surface area contributed by atoms with Gasteiger partial charge in [-0.05, 0) is 0 Å². The Morgan fingerprint density at radius 1 is 1.60 bits per heavy atom. The Labute approximate surface area is 90.5 Å². The van der Waals surface area contributed by atoms with Crippen LogP contribution in [0.3, 0.4) is 0 Å². The molecule has 0 amide bonds. The van der Waals surface area contributed by atoms with E-state index in [4.69, 9.17) is 5.73 Å². The van der Waals surface area contributed by atoms with Gasteiger partial charge in [0.1, 0.15) is 12.2 Å². The van der Waals surface area contributed by atoms with Crippen LogP contribution in [0.15, 0.2) is 6.33 Å². The summed E-state index contributed by atoms with van der Waals surface area (Å²) in [5.41, 5.74) is 5.39. The van der Waals surface area contributed by atoms with Crippen molar-refractivity contribution in [3.8, 4) is 0 Å². The van der Waals surface area contributed by atoms with Crippen LogP contribution in [-0.2, 0) is 13.5 Å². The molecule has 0 saturated carbocycles. The van der Waals surface area contributed by atoms with Gasteiger partial charge in [0, 0.05) is 31.5 Å². The molecule has 0 aromatic carbocycles. The summed E-state index contributed by atoms with van der Waals surface area (Å²) in [6.07, 6.45) is 2.47. The van der Waals surface area contributed by atoms with Crippen molar-refractivity contribution in [2.75, 3.05) is 17.6 Å². The summed E-state index contributed by atoms with van der Waals surface area (Å²) >= 11 is 1.25. The fourth-order valence-corrected chi connectivity index (χ4v) is 1.64. The molecule has 2 heterocycles. The quantitative estimate of drug-likeness (QED) is 0.754. The zero-order valence-corrected chi connectivity index (χ0v) is 9.03. The lowest BCUT2D eigenvalue weighted by Gasteiger charge is -2.00. The minimum Gasteiger partial charge on any atom is -0.367 e. The number of nitrogens with one attached hydrogen (secondary N) is 1. The zero-order chi connectivity index (χ0) is 10.7. The van der Waals surface area contributed by atoms with Gasteiger partial charge in [-0.2, -0.15) is 9.36 Å². The molecule has 15 heavy (non-hydrogen) atoms. The van der Waals surface area contributed by atoms with Crippen LogP contribution in [0.25, 0.3) is 0 Å². The maximum absolute atomic E-state index is 5.39. The first-order chi connectivity index (χ1) is 7.25. The number of aryl methyl sites for hydroxylation is 1. The van der Waals surface area contributed by atoms with E-state index in [-0.39, 0.29) is 0 Å². The largest absolute Gasteiger partial charge is 0.367 e. The third kappa shape index (κ3) is 2.40. The molecule has 0 unspecified atom stereocenters. The Morgan fingerprint density at radius 3 is 3.07 bits per heavy atom. The monoisotopic (exact) mass is 225 g/mol. The number of aromatic nitrogens is 5. The Balaban J connectivity index is 1.83. The van der Waals surface area contributed by atoms with Gasteiger partial charge in [0.15, 0.2) is 0 Å². The van der Waals surface area contributed by atoms with E-state index in [1.807, 2.05) is 11.6 Å². The molecule has 2 aromatic heterocycles. The Morgan fingerprint density at radius 2 is 2.47 bits per heavy atom. The maximum Gasteiger partial charge on any atom is 0.233 e. The van der Waals surface area contributed by atoms with Crippen LogP contribution in [0.2, 0.25) is 0 Å². The van der Waals surface area contributed by atoms with E-state index in [2.05, 4.69) is 24.9 Å². The van der Waals surface area contributed by atoms with Crippen LogP contribution >= 0.6 is 11.5 Å². The molecule has 0 bridgehead atoms. The van der Waals surface area contributed by atoms with Gasteiger partial charge in [0.2, 0.25) is 11.1 Å². The van der Waals surface area contributed by atoms with Gasteiger partial charge in [-0.15, -0.1) is 10.2 Å². The molecule has 0 atom stereocenters. The average Bonchev–Trinajstić information content (AvgIpc) is 2.77. The summed E-state index contributed by atoms with van der Waals surface area (Å²) in [6.45, 7) is 0.737. The van der Waals surface area contributed by atoms with E-state index in [1.54, 1.807) is 6.33 Å². The van der Waals surface area contributed by atoms with E-state index in [1.165, 1.54) is 11.5 Å². The molecule has 0 aliphatic carbocycles. The van der Waals surface area contributed by atoms with Crippen LogP contribution in [0.5, 0.6) is 0 Å². The van der Waals surface area contributed by atoms with Crippen molar-refractivity contribution in [3.63, 3.8) is 0 Å². The third-order valence-corrected chi connectivity index (χ3v) is 2.56. The van der Waals surface area contributed by atoms with Gasteiger partial charge in [0.05, 0.1) is 0 Å². The van der Waals surface area contributed by atoms with Crippen LogP contribution < -0.4 is 11.1 Å². The lowest BCUT2D eigenvalue weighted by atomic mass is 10.4. The summed E-state index contributed by atoms with van der Waals surface area (Å²) in [7, 11) is 1.91. The van der Waals surface area contributed by atoms with Crippen molar-refractivity contribution >= 4 is 22.6 Å². The van der Waals surface area contributed by atoms with Gasteiger partial charge < -0.3 is 15.6 Å². The second kappa shape index (κ2) is 4.22. The van der Waals surface area contributed by atoms with E-state index in [0.717, 1.165) is 23.9 Å². The third-order valence-electron chi connectivity index (χ3n) is 1.87. The molecule has 0 radical (unpaired) electrons. The summed E-state index contributed by atoms with van der Waals surface area (Å²) in [6, 6.07) is 0. The van der Waals surface area contributed by atoms with Crippen LogP contribution in [0.4, 0.5) is 11.1 Å².